The van der Waals surface area contributed by atoms with E-state index in [-0.39, 0.29) is 35.4 Å². The molecule has 0 N–H and O–H groups in total. The molecule has 2 heterocycles. The topological polar surface area (TPSA) is 114 Å². The van der Waals surface area contributed by atoms with Crippen LogP contribution in [0.15, 0.2) is 56.9 Å². The lowest BCUT2D eigenvalue weighted by Crippen LogP contribution is -2.40. The normalized spacial score (nSPS) is 16.6. The summed E-state index contributed by atoms with van der Waals surface area (Å²) in [4.78, 5) is 12.6. The van der Waals surface area contributed by atoms with Crippen molar-refractivity contribution in [2.24, 2.45) is 5.92 Å². The lowest BCUT2D eigenvalue weighted by molar-refractivity contribution is -0.151. The second-order valence-electron chi connectivity index (χ2n) is 7.11. The van der Waals surface area contributed by atoms with E-state index in [1.165, 1.54) is 30.5 Å². The Hall–Kier alpha value is -2.21. The molecule has 1 aliphatic heterocycles. The monoisotopic (exact) mass is 456 g/mol. The van der Waals surface area contributed by atoms with Crippen molar-refractivity contribution in [1.29, 1.82) is 0 Å². The molecule has 0 aliphatic carbocycles. The van der Waals surface area contributed by atoms with Gasteiger partial charge in [0.25, 0.3) is 10.0 Å². The summed E-state index contributed by atoms with van der Waals surface area (Å²) in [5, 5.41) is -0.224. The van der Waals surface area contributed by atoms with Gasteiger partial charge in [0.05, 0.1) is 10.8 Å². The van der Waals surface area contributed by atoms with Crippen molar-refractivity contribution in [1.82, 2.24) is 8.61 Å². The Balaban J connectivity index is 1.53. The van der Waals surface area contributed by atoms with Crippen LogP contribution in [0.1, 0.15) is 18.6 Å². The molecule has 1 aliphatic rings. The van der Waals surface area contributed by atoms with Crippen LogP contribution in [-0.2, 0) is 36.2 Å². The van der Waals surface area contributed by atoms with Gasteiger partial charge in [0.1, 0.15) is 12.4 Å². The number of sulfonamides is 2. The predicted molar refractivity (Wildman–Crippen MR) is 107 cm³/mol. The largest absolute Gasteiger partial charge is 0.457 e. The Bertz CT molecular complexity index is 1080. The number of nitrogens with zero attached hydrogens (tertiary/aromatic N) is 2. The fourth-order valence-corrected chi connectivity index (χ4v) is 5.39. The Morgan fingerprint density at radius 1 is 1.07 bits per heavy atom. The van der Waals surface area contributed by atoms with Crippen molar-refractivity contribution in [3.63, 3.8) is 0 Å². The van der Waals surface area contributed by atoms with E-state index in [9.17, 15) is 21.6 Å². The highest BCUT2D eigenvalue weighted by molar-refractivity contribution is 7.89. The summed E-state index contributed by atoms with van der Waals surface area (Å²) < 4.78 is 62.2. The van der Waals surface area contributed by atoms with Crippen molar-refractivity contribution >= 4 is 26.0 Å². The molecule has 0 radical (unpaired) electrons. The number of hydrogen-bond acceptors (Lipinski definition) is 7. The molecular formula is C19H24N2O7S2. The molecule has 1 saturated heterocycles. The van der Waals surface area contributed by atoms with Crippen LogP contribution < -0.4 is 0 Å². The fourth-order valence-electron chi connectivity index (χ4n) is 3.09. The Labute approximate surface area is 176 Å². The van der Waals surface area contributed by atoms with Crippen LogP contribution in [0.25, 0.3) is 0 Å². The fraction of sp³-hybridized carbons (Fsp3) is 0.421. The Morgan fingerprint density at radius 3 is 2.30 bits per heavy atom. The number of benzene rings is 1. The van der Waals surface area contributed by atoms with Gasteiger partial charge in [-0.2, -0.15) is 4.31 Å². The van der Waals surface area contributed by atoms with Gasteiger partial charge in [-0.25, -0.2) is 21.1 Å². The van der Waals surface area contributed by atoms with E-state index in [4.69, 9.17) is 9.15 Å². The highest BCUT2D eigenvalue weighted by Crippen LogP contribution is 2.25. The molecule has 0 atom stereocenters. The number of esters is 1. The molecule has 1 aromatic carbocycles. The quantitative estimate of drug-likeness (QED) is 0.582. The van der Waals surface area contributed by atoms with Gasteiger partial charge < -0.3 is 9.15 Å². The van der Waals surface area contributed by atoms with Crippen LogP contribution in [0.2, 0.25) is 0 Å². The maximum Gasteiger partial charge on any atom is 0.309 e. The van der Waals surface area contributed by atoms with Gasteiger partial charge in [-0.1, -0.05) is 18.2 Å². The van der Waals surface area contributed by atoms with Crippen molar-refractivity contribution in [2.75, 3.05) is 27.2 Å². The summed E-state index contributed by atoms with van der Waals surface area (Å²) >= 11 is 0. The zero-order valence-electron chi connectivity index (χ0n) is 16.7. The second kappa shape index (κ2) is 8.88. The van der Waals surface area contributed by atoms with Crippen molar-refractivity contribution in [3.05, 3.63) is 48.2 Å². The Kier molecular flexibility index (Phi) is 6.65. The summed E-state index contributed by atoms with van der Waals surface area (Å²) in [6.45, 7) is 0.260. The zero-order valence-corrected chi connectivity index (χ0v) is 18.4. The van der Waals surface area contributed by atoms with E-state index in [0.717, 1.165) is 4.31 Å². The summed E-state index contributed by atoms with van der Waals surface area (Å²) in [7, 11) is -4.49. The first-order valence-corrected chi connectivity index (χ1v) is 12.2. The molecular weight excluding hydrogens is 432 g/mol. The first-order chi connectivity index (χ1) is 14.1. The van der Waals surface area contributed by atoms with E-state index >= 15 is 0 Å². The first-order valence-electron chi connectivity index (χ1n) is 9.35. The Morgan fingerprint density at radius 2 is 1.70 bits per heavy atom. The van der Waals surface area contributed by atoms with Crippen molar-refractivity contribution in [2.45, 2.75) is 29.4 Å². The molecule has 9 nitrogen and oxygen atoms in total. The smallest absolute Gasteiger partial charge is 0.309 e. The van der Waals surface area contributed by atoms with Crippen LogP contribution in [0.4, 0.5) is 0 Å². The lowest BCUT2D eigenvalue weighted by Gasteiger charge is -2.30. The first kappa shape index (κ1) is 22.5. The molecule has 0 amide bonds. The maximum atomic E-state index is 12.7. The molecule has 11 heteroatoms. The molecule has 164 valence electrons. The zero-order chi connectivity index (χ0) is 21.9. The molecule has 3 rings (SSSR count). The number of ether oxygens (including phenoxy) is 1. The van der Waals surface area contributed by atoms with Crippen molar-refractivity contribution < 1.29 is 30.8 Å². The molecule has 0 saturated carbocycles. The number of carbonyl (C=O) groups is 1. The number of carbonyl (C=O) groups excluding carboxylic acids is 1. The van der Waals surface area contributed by atoms with Crippen LogP contribution in [0, 0.1) is 5.92 Å². The highest BCUT2D eigenvalue weighted by Gasteiger charge is 2.33. The second-order valence-corrected chi connectivity index (χ2v) is 11.1. The average Bonchev–Trinajstić information content (AvgIpc) is 3.22. The van der Waals surface area contributed by atoms with E-state index in [0.29, 0.717) is 12.8 Å². The summed E-state index contributed by atoms with van der Waals surface area (Å²) in [6.07, 6.45) is 0.701. The van der Waals surface area contributed by atoms with Gasteiger partial charge in [-0.15, -0.1) is 0 Å². The van der Waals surface area contributed by atoms with Gasteiger partial charge in [0, 0.05) is 27.2 Å². The number of hydrogen-bond donors (Lipinski definition) is 0. The maximum absolute atomic E-state index is 12.7. The lowest BCUT2D eigenvalue weighted by atomic mass is 9.98. The molecule has 0 spiro atoms. The van der Waals surface area contributed by atoms with Gasteiger partial charge in [-0.05, 0) is 37.1 Å². The van der Waals surface area contributed by atoms with Gasteiger partial charge in [0.2, 0.25) is 15.1 Å². The third kappa shape index (κ3) is 4.75. The number of furan rings is 1. The van der Waals surface area contributed by atoms with Crippen LogP contribution >= 0.6 is 0 Å². The highest BCUT2D eigenvalue weighted by atomic mass is 32.2. The average molecular weight is 457 g/mol. The summed E-state index contributed by atoms with van der Waals surface area (Å²) in [6, 6.07) is 10.9. The van der Waals surface area contributed by atoms with E-state index < -0.39 is 31.9 Å². The van der Waals surface area contributed by atoms with Gasteiger partial charge in [-0.3, -0.25) is 4.79 Å². The standard InChI is InChI=1S/C19H24N2O7S2/c1-20(2)30(25,26)18-9-8-16(28-18)14-27-19(22)15-10-12-21(13-11-15)29(23,24)17-6-4-3-5-7-17/h3-9,15H,10-14H2,1-2H3. The van der Waals surface area contributed by atoms with Gasteiger partial charge in [0.15, 0.2) is 0 Å². The molecule has 0 unspecified atom stereocenters. The third-order valence-electron chi connectivity index (χ3n) is 4.90. The third-order valence-corrected chi connectivity index (χ3v) is 8.50. The summed E-state index contributed by atoms with van der Waals surface area (Å²) in [5.74, 6) is -0.666. The van der Waals surface area contributed by atoms with E-state index in [1.54, 1.807) is 30.3 Å². The predicted octanol–water partition coefficient (Wildman–Crippen LogP) is 1.67. The minimum atomic E-state index is -3.69. The molecule has 0 bridgehead atoms. The number of rotatable bonds is 7. The SMILES string of the molecule is CN(C)S(=O)(=O)c1ccc(COC(=O)C2CCN(S(=O)(=O)c3ccccc3)CC2)o1. The molecule has 30 heavy (non-hydrogen) atoms. The number of piperidine rings is 1. The molecule has 2 aromatic rings. The molecule has 1 aromatic heterocycles. The van der Waals surface area contributed by atoms with E-state index in [2.05, 4.69) is 0 Å². The van der Waals surface area contributed by atoms with E-state index in [1.807, 2.05) is 0 Å². The minimum absolute atomic E-state index is 0.190. The van der Waals surface area contributed by atoms with Crippen LogP contribution in [0.5, 0.6) is 0 Å². The minimum Gasteiger partial charge on any atom is -0.457 e. The summed E-state index contributed by atoms with van der Waals surface area (Å²) in [5.41, 5.74) is 0. The van der Waals surface area contributed by atoms with Gasteiger partial charge >= 0.3 is 5.97 Å². The van der Waals surface area contributed by atoms with Crippen LogP contribution in [-0.4, -0.2) is 58.6 Å². The van der Waals surface area contributed by atoms with Crippen molar-refractivity contribution in [3.8, 4) is 0 Å². The van der Waals surface area contributed by atoms with Crippen LogP contribution in [0.3, 0.4) is 0 Å². The molecule has 1 fully saturated rings.